The molecule has 5 heteroatoms. The van der Waals surface area contributed by atoms with E-state index >= 15 is 0 Å². The third-order valence-electron chi connectivity index (χ3n) is 4.15. The Morgan fingerprint density at radius 3 is 2.50 bits per heavy atom. The van der Waals surface area contributed by atoms with Crippen LogP contribution in [0.4, 0.5) is 0 Å². The molecule has 2 amide bonds. The van der Waals surface area contributed by atoms with Gasteiger partial charge in [0.05, 0.1) is 0 Å². The number of nitrogens with two attached hydrogens (primary N) is 1. The topological polar surface area (TPSA) is 75.4 Å². The van der Waals surface area contributed by atoms with Crippen LogP contribution in [-0.4, -0.2) is 36.3 Å². The summed E-state index contributed by atoms with van der Waals surface area (Å²) in [6, 6.07) is 8.79. The van der Waals surface area contributed by atoms with Crippen molar-refractivity contribution in [3.63, 3.8) is 0 Å². The number of nitrogens with one attached hydrogen (secondary N) is 1. The van der Waals surface area contributed by atoms with Gasteiger partial charge < -0.3 is 16.0 Å². The van der Waals surface area contributed by atoms with Gasteiger partial charge in [-0.3, -0.25) is 9.59 Å². The predicted octanol–water partition coefficient (Wildman–Crippen LogP) is 1.45. The van der Waals surface area contributed by atoms with Crippen molar-refractivity contribution in [3.05, 3.63) is 35.9 Å². The fraction of sp³-hybridized carbons (Fsp3) is 0.529. The number of benzene rings is 1. The smallest absolute Gasteiger partial charge is 0.244 e. The van der Waals surface area contributed by atoms with Crippen molar-refractivity contribution in [2.24, 2.45) is 11.7 Å². The first kappa shape index (κ1) is 16.5. The van der Waals surface area contributed by atoms with Crippen molar-refractivity contribution in [2.75, 3.05) is 19.6 Å². The zero-order chi connectivity index (χ0) is 15.9. The highest BCUT2D eigenvalue weighted by Gasteiger charge is 2.29. The van der Waals surface area contributed by atoms with Gasteiger partial charge in [0, 0.05) is 25.6 Å². The molecule has 0 saturated carbocycles. The zero-order valence-electron chi connectivity index (χ0n) is 13.1. The highest BCUT2D eigenvalue weighted by molar-refractivity contribution is 5.84. The van der Waals surface area contributed by atoms with E-state index in [1.54, 1.807) is 4.90 Å². The third kappa shape index (κ3) is 4.07. The third-order valence-corrected chi connectivity index (χ3v) is 4.15. The number of rotatable bonds is 5. The summed E-state index contributed by atoms with van der Waals surface area (Å²) in [5, 5.41) is 2.93. The van der Waals surface area contributed by atoms with Crippen LogP contribution < -0.4 is 11.1 Å². The first-order chi connectivity index (χ1) is 10.6. The summed E-state index contributed by atoms with van der Waals surface area (Å²) in [5.41, 5.74) is 6.89. The van der Waals surface area contributed by atoms with E-state index in [9.17, 15) is 9.59 Å². The van der Waals surface area contributed by atoms with E-state index in [1.165, 1.54) is 0 Å². The molecule has 2 rings (SSSR count). The fourth-order valence-corrected chi connectivity index (χ4v) is 2.75. The SMILES string of the molecule is CCCNC(=O)C1CCN(C(=O)C(N)c2ccccc2)CC1. The summed E-state index contributed by atoms with van der Waals surface area (Å²) < 4.78 is 0. The Kier molecular flexibility index (Phi) is 5.95. The van der Waals surface area contributed by atoms with Gasteiger partial charge in [-0.15, -0.1) is 0 Å². The average molecular weight is 303 g/mol. The minimum Gasteiger partial charge on any atom is -0.356 e. The highest BCUT2D eigenvalue weighted by atomic mass is 16.2. The molecule has 120 valence electrons. The summed E-state index contributed by atoms with van der Waals surface area (Å²) in [5.74, 6) is 0.0727. The molecule has 1 aromatic carbocycles. The number of piperidine rings is 1. The van der Waals surface area contributed by atoms with E-state index in [0.717, 1.165) is 18.5 Å². The Bertz CT molecular complexity index is 496. The largest absolute Gasteiger partial charge is 0.356 e. The molecule has 1 heterocycles. The molecule has 22 heavy (non-hydrogen) atoms. The maximum atomic E-state index is 12.4. The minimum atomic E-state index is -0.619. The van der Waals surface area contributed by atoms with Crippen molar-refractivity contribution in [1.82, 2.24) is 10.2 Å². The molecule has 0 bridgehead atoms. The Labute approximate surface area is 131 Å². The summed E-state index contributed by atoms with van der Waals surface area (Å²) in [6.07, 6.45) is 2.36. The van der Waals surface area contributed by atoms with Crippen LogP contribution >= 0.6 is 0 Å². The number of hydrogen-bond acceptors (Lipinski definition) is 3. The van der Waals surface area contributed by atoms with E-state index in [0.29, 0.717) is 25.9 Å². The van der Waals surface area contributed by atoms with Gasteiger partial charge in [-0.2, -0.15) is 0 Å². The van der Waals surface area contributed by atoms with Gasteiger partial charge in [0.15, 0.2) is 0 Å². The number of nitrogens with zero attached hydrogens (tertiary/aromatic N) is 1. The number of hydrogen-bond donors (Lipinski definition) is 2. The maximum absolute atomic E-state index is 12.4. The highest BCUT2D eigenvalue weighted by Crippen LogP contribution is 2.21. The molecule has 1 atom stereocenters. The van der Waals surface area contributed by atoms with E-state index in [4.69, 9.17) is 5.73 Å². The molecular formula is C17H25N3O2. The van der Waals surface area contributed by atoms with Crippen LogP contribution in [0, 0.1) is 5.92 Å². The number of likely N-dealkylation sites (tertiary alicyclic amines) is 1. The summed E-state index contributed by atoms with van der Waals surface area (Å²) in [4.78, 5) is 26.2. The second-order valence-electron chi connectivity index (χ2n) is 5.78. The lowest BCUT2D eigenvalue weighted by Gasteiger charge is -2.33. The predicted molar refractivity (Wildman–Crippen MR) is 86.0 cm³/mol. The van der Waals surface area contributed by atoms with Crippen molar-refractivity contribution in [2.45, 2.75) is 32.2 Å². The van der Waals surface area contributed by atoms with Crippen LogP contribution in [-0.2, 0) is 9.59 Å². The number of carbonyl (C=O) groups is 2. The van der Waals surface area contributed by atoms with Crippen LogP contribution in [0.2, 0.25) is 0 Å². The Morgan fingerprint density at radius 1 is 1.27 bits per heavy atom. The molecule has 0 radical (unpaired) electrons. The van der Waals surface area contributed by atoms with Crippen molar-refractivity contribution in [3.8, 4) is 0 Å². The van der Waals surface area contributed by atoms with E-state index < -0.39 is 6.04 Å². The maximum Gasteiger partial charge on any atom is 0.244 e. The Morgan fingerprint density at radius 2 is 1.91 bits per heavy atom. The molecule has 1 aliphatic heterocycles. The van der Waals surface area contributed by atoms with Crippen LogP contribution in [0.3, 0.4) is 0 Å². The van der Waals surface area contributed by atoms with Crippen molar-refractivity contribution < 1.29 is 9.59 Å². The lowest BCUT2D eigenvalue weighted by Crippen LogP contribution is -2.46. The molecule has 5 nitrogen and oxygen atoms in total. The van der Waals surface area contributed by atoms with Gasteiger partial charge in [-0.05, 0) is 24.8 Å². The standard InChI is InChI=1S/C17H25N3O2/c1-2-10-19-16(21)14-8-11-20(12-9-14)17(22)15(18)13-6-4-3-5-7-13/h3-7,14-15H,2,8-12,18H2,1H3,(H,19,21). The molecule has 0 spiro atoms. The van der Waals surface area contributed by atoms with Gasteiger partial charge in [0.25, 0.3) is 0 Å². The van der Waals surface area contributed by atoms with Gasteiger partial charge in [-0.25, -0.2) is 0 Å². The molecule has 1 fully saturated rings. The average Bonchev–Trinajstić information content (AvgIpc) is 2.59. The second kappa shape index (κ2) is 7.94. The second-order valence-corrected chi connectivity index (χ2v) is 5.78. The van der Waals surface area contributed by atoms with Gasteiger partial charge in [0.1, 0.15) is 6.04 Å². The quantitative estimate of drug-likeness (QED) is 0.864. The molecule has 1 aliphatic rings. The molecule has 3 N–H and O–H groups in total. The monoisotopic (exact) mass is 303 g/mol. The minimum absolute atomic E-state index is 0.0172. The lowest BCUT2D eigenvalue weighted by molar-refractivity contribution is -0.136. The fourth-order valence-electron chi connectivity index (χ4n) is 2.75. The van der Waals surface area contributed by atoms with Crippen LogP contribution in [0.1, 0.15) is 37.8 Å². The van der Waals surface area contributed by atoms with Crippen molar-refractivity contribution >= 4 is 11.8 Å². The molecule has 0 aliphatic carbocycles. The van der Waals surface area contributed by atoms with Gasteiger partial charge in [-0.1, -0.05) is 37.3 Å². The molecule has 1 unspecified atom stereocenters. The van der Waals surface area contributed by atoms with Gasteiger partial charge in [0.2, 0.25) is 11.8 Å². The number of amides is 2. The van der Waals surface area contributed by atoms with E-state index in [1.807, 2.05) is 37.3 Å². The normalized spacial score (nSPS) is 17.1. The summed E-state index contributed by atoms with van der Waals surface area (Å²) in [7, 11) is 0. The van der Waals surface area contributed by atoms with E-state index in [2.05, 4.69) is 5.32 Å². The summed E-state index contributed by atoms with van der Waals surface area (Å²) in [6.45, 7) is 3.95. The molecule has 0 aromatic heterocycles. The van der Waals surface area contributed by atoms with E-state index in [-0.39, 0.29) is 17.7 Å². The lowest BCUT2D eigenvalue weighted by atomic mass is 9.95. The van der Waals surface area contributed by atoms with Crippen LogP contribution in [0.5, 0.6) is 0 Å². The first-order valence-corrected chi connectivity index (χ1v) is 8.00. The van der Waals surface area contributed by atoms with Crippen LogP contribution in [0.15, 0.2) is 30.3 Å². The zero-order valence-corrected chi connectivity index (χ0v) is 13.1. The molecule has 1 aromatic rings. The Hall–Kier alpha value is -1.88. The molecule has 1 saturated heterocycles. The Balaban J connectivity index is 1.86. The van der Waals surface area contributed by atoms with Crippen LogP contribution in [0.25, 0.3) is 0 Å². The summed E-state index contributed by atoms with van der Waals surface area (Å²) >= 11 is 0. The van der Waals surface area contributed by atoms with Crippen molar-refractivity contribution in [1.29, 1.82) is 0 Å². The first-order valence-electron chi connectivity index (χ1n) is 8.00. The van der Waals surface area contributed by atoms with Gasteiger partial charge >= 0.3 is 0 Å². The molecular weight excluding hydrogens is 278 g/mol. The number of carbonyl (C=O) groups excluding carboxylic acids is 2.